The summed E-state index contributed by atoms with van der Waals surface area (Å²) in [6, 6.07) is 4.31. The van der Waals surface area contributed by atoms with Gasteiger partial charge in [-0.1, -0.05) is 0 Å². The van der Waals surface area contributed by atoms with Gasteiger partial charge in [0.25, 0.3) is 0 Å². The molecule has 2 fully saturated rings. The number of aryl methyl sites for hydroxylation is 2. The van der Waals surface area contributed by atoms with Crippen LogP contribution in [0.15, 0.2) is 24.5 Å². The Kier molecular flexibility index (Phi) is 6.22. The molecule has 3 aromatic rings. The van der Waals surface area contributed by atoms with E-state index in [-0.39, 0.29) is 18.0 Å². The largest absolute Gasteiger partial charge is 0.488 e. The number of hydrogen-bond acceptors (Lipinski definition) is 8. The molecule has 1 aliphatic carbocycles. The minimum Gasteiger partial charge on any atom is -0.488 e. The molecule has 1 saturated carbocycles. The van der Waals surface area contributed by atoms with Crippen LogP contribution in [0.2, 0.25) is 0 Å². The van der Waals surface area contributed by atoms with Crippen molar-refractivity contribution in [1.82, 2.24) is 19.9 Å². The van der Waals surface area contributed by atoms with Gasteiger partial charge in [0.15, 0.2) is 11.6 Å². The number of halogens is 1. The summed E-state index contributed by atoms with van der Waals surface area (Å²) in [5.41, 5.74) is 3.07. The third kappa shape index (κ3) is 4.83. The van der Waals surface area contributed by atoms with Crippen LogP contribution in [-0.4, -0.2) is 58.4 Å². The van der Waals surface area contributed by atoms with E-state index in [9.17, 15) is 4.39 Å². The number of morpholine rings is 1. The highest BCUT2D eigenvalue weighted by atomic mass is 19.1. The second-order valence-electron chi connectivity index (χ2n) is 8.72. The molecule has 0 unspecified atom stereocenters. The van der Waals surface area contributed by atoms with Crippen molar-refractivity contribution >= 4 is 22.5 Å². The van der Waals surface area contributed by atoms with Gasteiger partial charge in [0, 0.05) is 43.3 Å². The number of nitrogens with zero attached hydrogens (tertiary/aromatic N) is 5. The molecule has 1 aliphatic heterocycles. The number of nitrogens with one attached hydrogen (secondary N) is 1. The maximum absolute atomic E-state index is 14.4. The summed E-state index contributed by atoms with van der Waals surface area (Å²) in [4.78, 5) is 19.7. The monoisotopic (exact) mass is 452 g/mol. The number of anilines is 2. The van der Waals surface area contributed by atoms with Crippen molar-refractivity contribution in [3.8, 4) is 5.75 Å². The molecule has 1 N–H and O–H groups in total. The first kappa shape index (κ1) is 21.8. The summed E-state index contributed by atoms with van der Waals surface area (Å²) in [6.07, 6.45) is 6.97. The van der Waals surface area contributed by atoms with E-state index in [4.69, 9.17) is 9.47 Å². The molecule has 2 aromatic heterocycles. The van der Waals surface area contributed by atoms with E-state index >= 15 is 0 Å². The first-order chi connectivity index (χ1) is 16.1. The van der Waals surface area contributed by atoms with Gasteiger partial charge in [0.2, 0.25) is 0 Å². The zero-order valence-corrected chi connectivity index (χ0v) is 19.1. The number of rotatable bonds is 5. The van der Waals surface area contributed by atoms with Crippen molar-refractivity contribution in [2.45, 2.75) is 51.7 Å². The molecule has 0 bridgehead atoms. The maximum atomic E-state index is 14.4. The molecule has 174 valence electrons. The fraction of sp³-hybridized carbons (Fsp3) is 0.500. The van der Waals surface area contributed by atoms with Gasteiger partial charge in [-0.25, -0.2) is 19.3 Å². The Bertz CT molecular complexity index is 1130. The number of fused-ring (bicyclic) bond motifs is 1. The van der Waals surface area contributed by atoms with Crippen molar-refractivity contribution in [2.75, 3.05) is 36.5 Å². The van der Waals surface area contributed by atoms with Crippen molar-refractivity contribution < 1.29 is 13.9 Å². The molecule has 9 heteroatoms. The van der Waals surface area contributed by atoms with Crippen molar-refractivity contribution in [3.63, 3.8) is 0 Å². The van der Waals surface area contributed by atoms with Crippen LogP contribution in [0, 0.1) is 19.7 Å². The summed E-state index contributed by atoms with van der Waals surface area (Å²) in [5, 5.41) is 3.27. The van der Waals surface area contributed by atoms with Gasteiger partial charge < -0.3 is 19.7 Å². The van der Waals surface area contributed by atoms with Crippen molar-refractivity contribution in [2.24, 2.45) is 0 Å². The van der Waals surface area contributed by atoms with Crippen LogP contribution >= 0.6 is 0 Å². The maximum Gasteiger partial charge on any atom is 0.186 e. The number of benzene rings is 1. The topological polar surface area (TPSA) is 85.3 Å². The van der Waals surface area contributed by atoms with Crippen molar-refractivity contribution in [1.29, 1.82) is 0 Å². The first-order valence-electron chi connectivity index (χ1n) is 11.6. The van der Waals surface area contributed by atoms with E-state index in [1.165, 1.54) is 0 Å². The van der Waals surface area contributed by atoms with Gasteiger partial charge in [0.05, 0.1) is 30.5 Å². The second kappa shape index (κ2) is 9.43. The minimum atomic E-state index is -0.371. The highest BCUT2D eigenvalue weighted by Crippen LogP contribution is 2.33. The third-order valence-electron chi connectivity index (χ3n) is 6.34. The predicted molar refractivity (Wildman–Crippen MR) is 124 cm³/mol. The zero-order valence-electron chi connectivity index (χ0n) is 19.1. The highest BCUT2D eigenvalue weighted by Gasteiger charge is 2.25. The number of aromatic nitrogens is 4. The van der Waals surface area contributed by atoms with E-state index < -0.39 is 0 Å². The smallest absolute Gasteiger partial charge is 0.186 e. The predicted octanol–water partition coefficient (Wildman–Crippen LogP) is 3.81. The Morgan fingerprint density at radius 2 is 1.79 bits per heavy atom. The van der Waals surface area contributed by atoms with Crippen LogP contribution in [0.1, 0.15) is 37.2 Å². The summed E-state index contributed by atoms with van der Waals surface area (Å²) < 4.78 is 26.4. The average molecular weight is 453 g/mol. The normalized spacial score (nSPS) is 21.2. The Labute approximate surface area is 192 Å². The van der Waals surface area contributed by atoms with Crippen molar-refractivity contribution in [3.05, 3.63) is 41.9 Å². The van der Waals surface area contributed by atoms with E-state index in [0.29, 0.717) is 17.3 Å². The Morgan fingerprint density at radius 1 is 1.03 bits per heavy atom. The molecule has 1 aromatic carbocycles. The molecule has 8 nitrogen and oxygen atoms in total. The molecule has 0 atom stereocenters. The molecule has 5 rings (SSSR count). The van der Waals surface area contributed by atoms with E-state index in [1.54, 1.807) is 26.2 Å². The van der Waals surface area contributed by atoms with Gasteiger partial charge in [-0.2, -0.15) is 0 Å². The zero-order chi connectivity index (χ0) is 22.8. The lowest BCUT2D eigenvalue weighted by molar-refractivity contribution is 0.122. The third-order valence-corrected chi connectivity index (χ3v) is 6.34. The van der Waals surface area contributed by atoms with E-state index in [0.717, 1.165) is 74.5 Å². The molecule has 0 amide bonds. The van der Waals surface area contributed by atoms with E-state index in [2.05, 4.69) is 42.3 Å². The van der Waals surface area contributed by atoms with Crippen LogP contribution in [-0.2, 0) is 4.74 Å². The molecular weight excluding hydrogens is 423 g/mol. The summed E-state index contributed by atoms with van der Waals surface area (Å²) in [6.45, 7) is 6.58. The van der Waals surface area contributed by atoms with Crippen LogP contribution < -0.4 is 15.0 Å². The lowest BCUT2D eigenvalue weighted by Crippen LogP contribution is -2.36. The molecule has 0 spiro atoms. The summed E-state index contributed by atoms with van der Waals surface area (Å²) >= 11 is 0. The van der Waals surface area contributed by atoms with Crippen LogP contribution in [0.5, 0.6) is 5.75 Å². The lowest BCUT2D eigenvalue weighted by atomic mass is 9.93. The van der Waals surface area contributed by atoms with Gasteiger partial charge in [-0.3, -0.25) is 4.98 Å². The van der Waals surface area contributed by atoms with Gasteiger partial charge in [-0.05, 0) is 45.6 Å². The first-order valence-corrected chi connectivity index (χ1v) is 11.6. The average Bonchev–Trinajstić information content (AvgIpc) is 2.84. The molecule has 0 radical (unpaired) electrons. The SMILES string of the molecule is Cc1nc(C)c(F)c(NC2CCC(Oc3cc(N4CCOCC4)cc4nccnc34)CC2)n1. The molecule has 1 saturated heterocycles. The number of hydrogen-bond donors (Lipinski definition) is 1. The Hall–Kier alpha value is -3.07. The van der Waals surface area contributed by atoms with E-state index in [1.807, 2.05) is 0 Å². The number of ether oxygens (including phenoxy) is 2. The second-order valence-corrected chi connectivity index (χ2v) is 8.72. The van der Waals surface area contributed by atoms with Gasteiger partial charge in [-0.15, -0.1) is 0 Å². The quantitative estimate of drug-likeness (QED) is 0.626. The highest BCUT2D eigenvalue weighted by molar-refractivity contribution is 5.85. The van der Waals surface area contributed by atoms with Crippen LogP contribution in [0.25, 0.3) is 11.0 Å². The molecule has 3 heterocycles. The lowest BCUT2D eigenvalue weighted by Gasteiger charge is -2.31. The Morgan fingerprint density at radius 3 is 2.58 bits per heavy atom. The van der Waals surface area contributed by atoms with Gasteiger partial charge >= 0.3 is 0 Å². The minimum absolute atomic E-state index is 0.0758. The van der Waals surface area contributed by atoms with Crippen LogP contribution in [0.4, 0.5) is 15.9 Å². The molecule has 2 aliphatic rings. The van der Waals surface area contributed by atoms with Gasteiger partial charge in [0.1, 0.15) is 17.1 Å². The fourth-order valence-corrected chi connectivity index (χ4v) is 4.62. The molecule has 33 heavy (non-hydrogen) atoms. The standard InChI is InChI=1S/C24H29FN6O2/c1-15-22(25)24(29-16(2)28-15)30-17-3-5-19(6-4-17)33-21-14-18(31-9-11-32-12-10-31)13-20-23(21)27-8-7-26-20/h7-8,13-14,17,19H,3-6,9-12H2,1-2H3,(H,28,29,30). The summed E-state index contributed by atoms with van der Waals surface area (Å²) in [7, 11) is 0. The molecular formula is C24H29FN6O2. The summed E-state index contributed by atoms with van der Waals surface area (Å²) in [5.74, 6) is 1.26. The van der Waals surface area contributed by atoms with Crippen LogP contribution in [0.3, 0.4) is 0 Å². The Balaban J connectivity index is 1.28. The fourth-order valence-electron chi connectivity index (χ4n) is 4.62.